The molecule has 3 heteroatoms. The number of furan rings is 1. The molecule has 3 unspecified atom stereocenters. The van der Waals surface area contributed by atoms with Crippen molar-refractivity contribution in [1.82, 2.24) is 5.32 Å². The molecule has 1 aromatic heterocycles. The smallest absolute Gasteiger partial charge is 0.123 e. The Morgan fingerprint density at radius 3 is 2.89 bits per heavy atom. The second kappa shape index (κ2) is 6.39. The highest BCUT2D eigenvalue weighted by atomic mass is 16.5. The van der Waals surface area contributed by atoms with Gasteiger partial charge in [-0.2, -0.15) is 0 Å². The van der Waals surface area contributed by atoms with E-state index < -0.39 is 0 Å². The van der Waals surface area contributed by atoms with Crippen LogP contribution in [0.2, 0.25) is 0 Å². The maximum atomic E-state index is 6.05. The summed E-state index contributed by atoms with van der Waals surface area (Å²) >= 11 is 0. The minimum Gasteiger partial charge on any atom is -0.468 e. The molecule has 0 radical (unpaired) electrons. The molecule has 3 nitrogen and oxygen atoms in total. The van der Waals surface area contributed by atoms with Gasteiger partial charge in [0.2, 0.25) is 0 Å². The van der Waals surface area contributed by atoms with Gasteiger partial charge in [0.25, 0.3) is 0 Å². The summed E-state index contributed by atoms with van der Waals surface area (Å²) in [5.41, 5.74) is 1.18. The lowest BCUT2D eigenvalue weighted by molar-refractivity contribution is -0.00796. The van der Waals surface area contributed by atoms with E-state index in [1.54, 1.807) is 6.26 Å². The molecule has 0 aliphatic heterocycles. The minimum atomic E-state index is 0.425. The number of rotatable bonds is 5. The molecular weight excluding hydrogens is 226 g/mol. The van der Waals surface area contributed by atoms with Gasteiger partial charge in [0.1, 0.15) is 5.76 Å². The van der Waals surface area contributed by atoms with Crippen LogP contribution in [-0.2, 0) is 17.9 Å². The average molecular weight is 251 g/mol. The Bertz CT molecular complexity index is 361. The quantitative estimate of drug-likeness (QED) is 0.871. The molecule has 2 rings (SSSR count). The summed E-state index contributed by atoms with van der Waals surface area (Å²) in [6.07, 6.45) is 5.86. The fourth-order valence-corrected chi connectivity index (χ4v) is 2.67. The lowest BCUT2D eigenvalue weighted by Gasteiger charge is -2.31. The summed E-state index contributed by atoms with van der Waals surface area (Å²) < 4.78 is 11.5. The van der Waals surface area contributed by atoms with Gasteiger partial charge in [0, 0.05) is 5.56 Å². The Labute approximate surface area is 110 Å². The number of hydrogen-bond donors (Lipinski definition) is 1. The molecule has 102 valence electrons. The van der Waals surface area contributed by atoms with E-state index in [1.807, 2.05) is 13.1 Å². The van der Waals surface area contributed by atoms with Crippen LogP contribution < -0.4 is 5.32 Å². The van der Waals surface area contributed by atoms with Crippen LogP contribution in [0.25, 0.3) is 0 Å². The zero-order valence-electron chi connectivity index (χ0n) is 11.7. The topological polar surface area (TPSA) is 34.4 Å². The molecule has 0 aromatic carbocycles. The number of ether oxygens (including phenoxy) is 1. The number of hydrogen-bond acceptors (Lipinski definition) is 3. The van der Waals surface area contributed by atoms with Gasteiger partial charge in [-0.3, -0.25) is 0 Å². The maximum Gasteiger partial charge on any atom is 0.123 e. The van der Waals surface area contributed by atoms with Gasteiger partial charge in [0.05, 0.1) is 25.5 Å². The first-order valence-electron chi connectivity index (χ1n) is 7.02. The van der Waals surface area contributed by atoms with Crippen molar-refractivity contribution >= 4 is 0 Å². The van der Waals surface area contributed by atoms with Gasteiger partial charge in [0.15, 0.2) is 0 Å². The maximum absolute atomic E-state index is 6.05. The van der Waals surface area contributed by atoms with Crippen LogP contribution in [0.5, 0.6) is 0 Å². The van der Waals surface area contributed by atoms with Crippen molar-refractivity contribution in [3.05, 3.63) is 23.7 Å². The summed E-state index contributed by atoms with van der Waals surface area (Å²) in [7, 11) is 1.93. The summed E-state index contributed by atoms with van der Waals surface area (Å²) in [5.74, 6) is 2.62. The van der Waals surface area contributed by atoms with Crippen molar-refractivity contribution in [2.24, 2.45) is 11.8 Å². The van der Waals surface area contributed by atoms with E-state index in [0.29, 0.717) is 12.7 Å². The largest absolute Gasteiger partial charge is 0.468 e. The third kappa shape index (κ3) is 3.36. The Morgan fingerprint density at radius 1 is 1.33 bits per heavy atom. The number of nitrogens with one attached hydrogen (secondary N) is 1. The first kappa shape index (κ1) is 13.6. The predicted octanol–water partition coefficient (Wildman–Crippen LogP) is 3.34. The van der Waals surface area contributed by atoms with Gasteiger partial charge < -0.3 is 14.5 Å². The van der Waals surface area contributed by atoms with Gasteiger partial charge in [-0.05, 0) is 44.2 Å². The van der Waals surface area contributed by atoms with Crippen molar-refractivity contribution in [2.75, 3.05) is 7.05 Å². The van der Waals surface area contributed by atoms with Crippen LogP contribution in [0.15, 0.2) is 16.7 Å². The fraction of sp³-hybridized carbons (Fsp3) is 0.733. The molecule has 1 saturated carbocycles. The molecule has 3 atom stereocenters. The van der Waals surface area contributed by atoms with E-state index in [-0.39, 0.29) is 0 Å². The molecule has 1 fully saturated rings. The Morgan fingerprint density at radius 2 is 2.17 bits per heavy atom. The van der Waals surface area contributed by atoms with Crippen LogP contribution in [0.4, 0.5) is 0 Å². The second-order valence-corrected chi connectivity index (χ2v) is 5.60. The van der Waals surface area contributed by atoms with Crippen LogP contribution in [0.1, 0.15) is 44.4 Å². The summed E-state index contributed by atoms with van der Waals surface area (Å²) in [6, 6.07) is 2.02. The normalized spacial score (nSPS) is 28.5. The van der Waals surface area contributed by atoms with Crippen molar-refractivity contribution in [3.8, 4) is 0 Å². The second-order valence-electron chi connectivity index (χ2n) is 5.60. The monoisotopic (exact) mass is 251 g/mol. The van der Waals surface area contributed by atoms with Gasteiger partial charge in [-0.15, -0.1) is 0 Å². The van der Waals surface area contributed by atoms with Crippen LogP contribution in [0.3, 0.4) is 0 Å². The van der Waals surface area contributed by atoms with Crippen molar-refractivity contribution < 1.29 is 9.15 Å². The van der Waals surface area contributed by atoms with Crippen LogP contribution in [0, 0.1) is 11.8 Å². The van der Waals surface area contributed by atoms with E-state index in [4.69, 9.17) is 9.15 Å². The molecule has 1 N–H and O–H groups in total. The van der Waals surface area contributed by atoms with Crippen molar-refractivity contribution in [2.45, 2.75) is 52.4 Å². The van der Waals surface area contributed by atoms with E-state index in [0.717, 1.165) is 24.1 Å². The molecular formula is C15H25NO2. The van der Waals surface area contributed by atoms with Gasteiger partial charge >= 0.3 is 0 Å². The first-order valence-corrected chi connectivity index (χ1v) is 7.02. The lowest BCUT2D eigenvalue weighted by atomic mass is 9.80. The highest BCUT2D eigenvalue weighted by Crippen LogP contribution is 2.31. The molecule has 1 aromatic rings. The molecule has 0 bridgehead atoms. The molecule has 18 heavy (non-hydrogen) atoms. The summed E-state index contributed by atoms with van der Waals surface area (Å²) in [4.78, 5) is 0. The first-order chi connectivity index (χ1) is 8.70. The van der Waals surface area contributed by atoms with E-state index in [9.17, 15) is 0 Å². The average Bonchev–Trinajstić information content (AvgIpc) is 2.79. The van der Waals surface area contributed by atoms with Crippen LogP contribution in [-0.4, -0.2) is 13.2 Å². The van der Waals surface area contributed by atoms with Gasteiger partial charge in [-0.25, -0.2) is 0 Å². The molecule has 1 heterocycles. The standard InChI is InChI=1S/C15H25NO2/c1-11-4-5-14(8-12(11)2)18-10-13-6-7-17-15(13)9-16-3/h6-7,11-12,14,16H,4-5,8-10H2,1-3H3. The highest BCUT2D eigenvalue weighted by Gasteiger charge is 2.25. The van der Waals surface area contributed by atoms with Gasteiger partial charge in [-0.1, -0.05) is 13.8 Å². The third-order valence-corrected chi connectivity index (χ3v) is 4.20. The summed E-state index contributed by atoms with van der Waals surface area (Å²) in [5, 5.41) is 3.11. The minimum absolute atomic E-state index is 0.425. The van der Waals surface area contributed by atoms with Crippen molar-refractivity contribution in [3.63, 3.8) is 0 Å². The van der Waals surface area contributed by atoms with E-state index in [2.05, 4.69) is 19.2 Å². The lowest BCUT2D eigenvalue weighted by Crippen LogP contribution is -2.26. The van der Waals surface area contributed by atoms with Crippen molar-refractivity contribution in [1.29, 1.82) is 0 Å². The molecule has 1 aliphatic carbocycles. The fourth-order valence-electron chi connectivity index (χ4n) is 2.67. The van der Waals surface area contributed by atoms with E-state index >= 15 is 0 Å². The van der Waals surface area contributed by atoms with E-state index in [1.165, 1.54) is 24.8 Å². The molecule has 0 amide bonds. The zero-order chi connectivity index (χ0) is 13.0. The Kier molecular flexibility index (Phi) is 4.84. The Hall–Kier alpha value is -0.800. The molecule has 1 aliphatic rings. The molecule has 0 saturated heterocycles. The zero-order valence-corrected chi connectivity index (χ0v) is 11.7. The van der Waals surface area contributed by atoms with Crippen LogP contribution >= 0.6 is 0 Å². The SMILES string of the molecule is CNCc1occc1COC1CCC(C)C(C)C1. The molecule has 0 spiro atoms. The third-order valence-electron chi connectivity index (χ3n) is 4.20. The summed E-state index contributed by atoms with van der Waals surface area (Å²) in [6.45, 7) is 6.13. The Balaban J connectivity index is 1.82. The predicted molar refractivity (Wildman–Crippen MR) is 72.2 cm³/mol. The highest BCUT2D eigenvalue weighted by molar-refractivity contribution is 5.15.